The Hall–Kier alpha value is -2.93. The zero-order chi connectivity index (χ0) is 17.9. The molecule has 1 N–H and O–H groups in total. The van der Waals surface area contributed by atoms with Crippen molar-refractivity contribution in [3.05, 3.63) is 65.6 Å². The number of methoxy groups -OCH3 is 1. The number of ether oxygens (including phenoxy) is 1. The third-order valence-electron chi connectivity index (χ3n) is 4.54. The first-order chi connectivity index (χ1) is 12.7. The van der Waals surface area contributed by atoms with Crippen molar-refractivity contribution in [2.45, 2.75) is 25.6 Å². The van der Waals surface area contributed by atoms with E-state index < -0.39 is 6.10 Å². The zero-order valence-corrected chi connectivity index (χ0v) is 14.6. The second-order valence-corrected chi connectivity index (χ2v) is 6.31. The summed E-state index contributed by atoms with van der Waals surface area (Å²) in [5.74, 6) is 1.19. The smallest absolute Gasteiger partial charge is 0.229 e. The molecule has 0 aliphatic carbocycles. The van der Waals surface area contributed by atoms with Gasteiger partial charge in [0.2, 0.25) is 11.8 Å². The second-order valence-electron chi connectivity index (χ2n) is 6.31. The number of hydrogen-bond acceptors (Lipinski definition) is 6. The Balaban J connectivity index is 1.50. The molecule has 0 radical (unpaired) electrons. The Labute approximate surface area is 151 Å². The van der Waals surface area contributed by atoms with Crippen molar-refractivity contribution < 1.29 is 9.84 Å². The molecule has 4 rings (SSSR count). The summed E-state index contributed by atoms with van der Waals surface area (Å²) >= 11 is 0. The number of aliphatic hydroxyl groups excluding tert-OH is 1. The summed E-state index contributed by atoms with van der Waals surface area (Å²) in [6, 6.07) is 13.7. The van der Waals surface area contributed by atoms with Crippen molar-refractivity contribution in [2.24, 2.45) is 0 Å². The molecule has 0 spiro atoms. The van der Waals surface area contributed by atoms with E-state index in [1.807, 2.05) is 41.1 Å². The lowest BCUT2D eigenvalue weighted by molar-refractivity contribution is 0.172. The lowest BCUT2D eigenvalue weighted by atomic mass is 10.1. The van der Waals surface area contributed by atoms with Gasteiger partial charge in [0.1, 0.15) is 6.10 Å². The van der Waals surface area contributed by atoms with E-state index in [-0.39, 0.29) is 0 Å². The molecule has 3 heterocycles. The van der Waals surface area contributed by atoms with Gasteiger partial charge in [-0.05, 0) is 11.6 Å². The summed E-state index contributed by atoms with van der Waals surface area (Å²) < 4.78 is 7.14. The van der Waals surface area contributed by atoms with Crippen LogP contribution in [0.4, 0.5) is 5.95 Å². The fourth-order valence-corrected chi connectivity index (χ4v) is 3.16. The second kappa shape index (κ2) is 7.13. The van der Waals surface area contributed by atoms with Gasteiger partial charge in [0.25, 0.3) is 0 Å². The fourth-order valence-electron chi connectivity index (χ4n) is 3.16. The van der Waals surface area contributed by atoms with Gasteiger partial charge in [-0.3, -0.25) is 4.68 Å². The summed E-state index contributed by atoms with van der Waals surface area (Å²) in [6.07, 6.45) is 1.64. The van der Waals surface area contributed by atoms with Crippen LogP contribution in [-0.2, 0) is 19.5 Å². The van der Waals surface area contributed by atoms with E-state index in [0.29, 0.717) is 30.5 Å². The van der Waals surface area contributed by atoms with Crippen LogP contribution in [0.3, 0.4) is 0 Å². The van der Waals surface area contributed by atoms with Gasteiger partial charge < -0.3 is 14.7 Å². The maximum absolute atomic E-state index is 10.5. The van der Waals surface area contributed by atoms with Crippen molar-refractivity contribution >= 4 is 5.95 Å². The molecule has 7 nitrogen and oxygen atoms in total. The monoisotopic (exact) mass is 351 g/mol. The molecule has 7 heteroatoms. The highest BCUT2D eigenvalue weighted by Gasteiger charge is 2.23. The van der Waals surface area contributed by atoms with Crippen LogP contribution in [0.15, 0.2) is 48.7 Å². The molecule has 1 aliphatic rings. The van der Waals surface area contributed by atoms with Crippen LogP contribution in [-0.4, -0.2) is 38.5 Å². The quantitative estimate of drug-likeness (QED) is 0.757. The molecule has 0 saturated heterocycles. The van der Waals surface area contributed by atoms with Crippen LogP contribution >= 0.6 is 0 Å². The first kappa shape index (κ1) is 16.5. The topological polar surface area (TPSA) is 76.3 Å². The predicted molar refractivity (Wildman–Crippen MR) is 97.0 cm³/mol. The van der Waals surface area contributed by atoms with E-state index in [2.05, 4.69) is 20.0 Å². The van der Waals surface area contributed by atoms with Crippen molar-refractivity contribution in [3.63, 3.8) is 0 Å². The number of aromatic nitrogens is 4. The zero-order valence-electron chi connectivity index (χ0n) is 14.6. The summed E-state index contributed by atoms with van der Waals surface area (Å²) in [7, 11) is 1.60. The summed E-state index contributed by atoms with van der Waals surface area (Å²) in [5.41, 5.74) is 2.85. The summed E-state index contributed by atoms with van der Waals surface area (Å²) in [4.78, 5) is 10.8. The Morgan fingerprint density at radius 3 is 2.85 bits per heavy atom. The number of fused-ring (bicyclic) bond motifs is 1. The largest absolute Gasteiger partial charge is 0.481 e. The van der Waals surface area contributed by atoms with Crippen LogP contribution in [0.25, 0.3) is 0 Å². The molecule has 26 heavy (non-hydrogen) atoms. The molecule has 0 saturated carbocycles. The molecule has 1 aromatic carbocycles. The minimum Gasteiger partial charge on any atom is -0.481 e. The van der Waals surface area contributed by atoms with Gasteiger partial charge >= 0.3 is 0 Å². The van der Waals surface area contributed by atoms with Crippen molar-refractivity contribution in [1.29, 1.82) is 0 Å². The van der Waals surface area contributed by atoms with Gasteiger partial charge in [-0.2, -0.15) is 10.1 Å². The lowest BCUT2D eigenvalue weighted by Crippen LogP contribution is -2.34. The molecule has 0 bridgehead atoms. The van der Waals surface area contributed by atoms with E-state index in [0.717, 1.165) is 24.3 Å². The molecule has 0 unspecified atom stereocenters. The molecule has 0 amide bonds. The minimum absolute atomic E-state index is 0.549. The Bertz CT molecular complexity index is 881. The molecule has 2 aromatic heterocycles. The van der Waals surface area contributed by atoms with Gasteiger partial charge in [-0.25, -0.2) is 4.98 Å². The fraction of sp³-hybridized carbons (Fsp3) is 0.316. The number of rotatable bonds is 5. The van der Waals surface area contributed by atoms with Gasteiger partial charge in [0, 0.05) is 25.2 Å². The molecular weight excluding hydrogens is 330 g/mol. The van der Waals surface area contributed by atoms with Gasteiger partial charge in [-0.15, -0.1) is 0 Å². The highest BCUT2D eigenvalue weighted by molar-refractivity contribution is 5.34. The minimum atomic E-state index is -0.614. The maximum atomic E-state index is 10.5. The normalized spacial score (nSPS) is 14.8. The molecule has 3 aromatic rings. The third-order valence-corrected chi connectivity index (χ3v) is 4.54. The predicted octanol–water partition coefficient (Wildman–Crippen LogP) is 1.98. The van der Waals surface area contributed by atoms with E-state index >= 15 is 0 Å². The maximum Gasteiger partial charge on any atom is 0.229 e. The Morgan fingerprint density at radius 2 is 2.04 bits per heavy atom. The lowest BCUT2D eigenvalue weighted by Gasteiger charge is -2.27. The highest BCUT2D eigenvalue weighted by Crippen LogP contribution is 2.23. The van der Waals surface area contributed by atoms with Crippen LogP contribution < -0.4 is 9.64 Å². The van der Waals surface area contributed by atoms with E-state index in [4.69, 9.17) is 4.74 Å². The van der Waals surface area contributed by atoms with Crippen LogP contribution in [0, 0.1) is 0 Å². The number of anilines is 1. The summed E-state index contributed by atoms with van der Waals surface area (Å²) in [6.45, 7) is 2.14. The van der Waals surface area contributed by atoms with E-state index in [1.54, 1.807) is 19.4 Å². The molecule has 1 atom stereocenters. The average molecular weight is 351 g/mol. The first-order valence-corrected chi connectivity index (χ1v) is 8.63. The molecule has 0 fully saturated rings. The number of hydrogen-bond donors (Lipinski definition) is 1. The average Bonchev–Trinajstić information content (AvgIpc) is 3.12. The molecular formula is C19H21N5O2. The number of aliphatic hydroxyl groups is 1. The highest BCUT2D eigenvalue weighted by atomic mass is 16.5. The van der Waals surface area contributed by atoms with Crippen LogP contribution in [0.2, 0.25) is 0 Å². The van der Waals surface area contributed by atoms with Crippen LogP contribution in [0.5, 0.6) is 5.88 Å². The third kappa shape index (κ3) is 3.39. The molecule has 134 valence electrons. The SMILES string of the molecule is COc1ccnc(N2CCn3nc([C@H](O)Cc4ccccc4)cc3C2)n1. The van der Waals surface area contributed by atoms with E-state index in [1.165, 1.54) is 0 Å². The standard InChI is InChI=1S/C19H21N5O2/c1-26-18-7-8-20-19(21-18)23-9-10-24-15(13-23)12-16(22-24)17(25)11-14-5-3-2-4-6-14/h2-8,12,17,25H,9-11,13H2,1H3/t17-/m1/s1. The van der Waals surface area contributed by atoms with Crippen molar-refractivity contribution in [3.8, 4) is 5.88 Å². The Kier molecular flexibility index (Phi) is 4.53. The van der Waals surface area contributed by atoms with E-state index in [9.17, 15) is 5.11 Å². The van der Waals surface area contributed by atoms with Crippen molar-refractivity contribution in [1.82, 2.24) is 19.7 Å². The number of nitrogens with zero attached hydrogens (tertiary/aromatic N) is 5. The first-order valence-electron chi connectivity index (χ1n) is 8.63. The number of benzene rings is 1. The van der Waals surface area contributed by atoms with Crippen molar-refractivity contribution in [2.75, 3.05) is 18.6 Å². The summed E-state index contributed by atoms with van der Waals surface area (Å²) in [5, 5.41) is 15.1. The Morgan fingerprint density at radius 1 is 1.19 bits per heavy atom. The van der Waals surface area contributed by atoms with Gasteiger partial charge in [0.15, 0.2) is 0 Å². The van der Waals surface area contributed by atoms with Gasteiger partial charge in [0.05, 0.1) is 31.6 Å². The molecule has 1 aliphatic heterocycles. The van der Waals surface area contributed by atoms with Crippen LogP contribution in [0.1, 0.15) is 23.1 Å². The van der Waals surface area contributed by atoms with Gasteiger partial charge in [-0.1, -0.05) is 30.3 Å².